The summed E-state index contributed by atoms with van der Waals surface area (Å²) in [5.74, 6) is -0.0323. The van der Waals surface area contributed by atoms with Crippen LogP contribution < -0.4 is 10.6 Å². The number of benzene rings is 2. The van der Waals surface area contributed by atoms with E-state index < -0.39 is 0 Å². The van der Waals surface area contributed by atoms with Gasteiger partial charge in [0.25, 0.3) is 0 Å². The molecule has 4 heteroatoms. The maximum Gasteiger partial charge on any atom is 0.226 e. The molecule has 21 heavy (non-hydrogen) atoms. The Balaban J connectivity index is 1.83. The predicted octanol–water partition coefficient (Wildman–Crippen LogP) is 4.40. The average Bonchev–Trinajstić information content (AvgIpc) is 2.42. The van der Waals surface area contributed by atoms with Crippen LogP contribution in [0, 0.1) is 13.8 Å². The maximum absolute atomic E-state index is 11.9. The Hall–Kier alpha value is -2.00. The summed E-state index contributed by atoms with van der Waals surface area (Å²) in [5, 5.41) is 6.74. The third-order valence-electron chi connectivity index (χ3n) is 3.17. The lowest BCUT2D eigenvalue weighted by Gasteiger charge is -2.10. The molecule has 110 valence electrons. The molecule has 0 saturated carbocycles. The van der Waals surface area contributed by atoms with Crippen LogP contribution in [0.5, 0.6) is 0 Å². The third kappa shape index (κ3) is 4.80. The molecule has 0 radical (unpaired) electrons. The van der Waals surface area contributed by atoms with Gasteiger partial charge in [-0.05, 0) is 49.2 Å². The highest BCUT2D eigenvalue weighted by Gasteiger charge is 2.04. The molecule has 2 aromatic rings. The fourth-order valence-corrected chi connectivity index (χ4v) is 2.22. The first-order chi connectivity index (χ1) is 10.0. The lowest BCUT2D eigenvalue weighted by Crippen LogP contribution is -2.16. The molecular formula is C17H19ClN2O. The molecule has 2 N–H and O–H groups in total. The molecule has 1 amide bonds. The molecular weight excluding hydrogens is 284 g/mol. The Morgan fingerprint density at radius 1 is 1.14 bits per heavy atom. The first-order valence-corrected chi connectivity index (χ1v) is 7.29. The minimum absolute atomic E-state index is 0.0323. The van der Waals surface area contributed by atoms with E-state index in [2.05, 4.69) is 35.8 Å². The van der Waals surface area contributed by atoms with Gasteiger partial charge in [0, 0.05) is 29.4 Å². The minimum Gasteiger partial charge on any atom is -0.384 e. The van der Waals surface area contributed by atoms with Gasteiger partial charge < -0.3 is 10.6 Å². The van der Waals surface area contributed by atoms with Crippen molar-refractivity contribution in [2.75, 3.05) is 17.2 Å². The van der Waals surface area contributed by atoms with Crippen LogP contribution >= 0.6 is 11.6 Å². The number of anilines is 2. The summed E-state index contributed by atoms with van der Waals surface area (Å²) in [4.78, 5) is 11.9. The van der Waals surface area contributed by atoms with Crippen molar-refractivity contribution in [3.63, 3.8) is 0 Å². The second-order valence-corrected chi connectivity index (χ2v) is 5.49. The summed E-state index contributed by atoms with van der Waals surface area (Å²) >= 11 is 5.88. The van der Waals surface area contributed by atoms with Gasteiger partial charge in [-0.3, -0.25) is 4.79 Å². The number of rotatable bonds is 5. The highest BCUT2D eigenvalue weighted by atomic mass is 35.5. The first-order valence-electron chi connectivity index (χ1n) is 6.91. The number of carbonyl (C=O) groups is 1. The largest absolute Gasteiger partial charge is 0.384 e. The van der Waals surface area contributed by atoms with Gasteiger partial charge in [-0.1, -0.05) is 29.8 Å². The smallest absolute Gasteiger partial charge is 0.226 e. The number of aryl methyl sites for hydroxylation is 2. The molecule has 0 aliphatic heterocycles. The van der Waals surface area contributed by atoms with Gasteiger partial charge in [-0.2, -0.15) is 0 Å². The molecule has 0 aromatic heterocycles. The van der Waals surface area contributed by atoms with E-state index in [1.807, 2.05) is 19.1 Å². The van der Waals surface area contributed by atoms with E-state index in [9.17, 15) is 4.79 Å². The van der Waals surface area contributed by atoms with Crippen molar-refractivity contribution < 1.29 is 4.79 Å². The topological polar surface area (TPSA) is 41.1 Å². The molecule has 0 atom stereocenters. The molecule has 0 bridgehead atoms. The molecule has 2 aromatic carbocycles. The average molecular weight is 303 g/mol. The second kappa shape index (κ2) is 7.14. The number of carbonyl (C=O) groups excluding carboxylic acids is 1. The normalized spacial score (nSPS) is 10.2. The van der Waals surface area contributed by atoms with Crippen molar-refractivity contribution in [1.29, 1.82) is 0 Å². The van der Waals surface area contributed by atoms with Gasteiger partial charge in [0.15, 0.2) is 0 Å². The van der Waals surface area contributed by atoms with Crippen LogP contribution in [0.25, 0.3) is 0 Å². The molecule has 0 saturated heterocycles. The van der Waals surface area contributed by atoms with Gasteiger partial charge >= 0.3 is 0 Å². The van der Waals surface area contributed by atoms with Gasteiger partial charge in [0.1, 0.15) is 0 Å². The molecule has 0 heterocycles. The molecule has 0 aliphatic carbocycles. The van der Waals surface area contributed by atoms with E-state index in [4.69, 9.17) is 11.6 Å². The quantitative estimate of drug-likeness (QED) is 0.859. The van der Waals surface area contributed by atoms with Crippen LogP contribution in [-0.4, -0.2) is 12.5 Å². The fourth-order valence-electron chi connectivity index (χ4n) is 2.03. The van der Waals surface area contributed by atoms with Crippen LogP contribution in [-0.2, 0) is 4.79 Å². The second-order valence-electron chi connectivity index (χ2n) is 5.05. The van der Waals surface area contributed by atoms with Crippen molar-refractivity contribution >= 4 is 28.9 Å². The number of hydrogen-bond donors (Lipinski definition) is 2. The van der Waals surface area contributed by atoms with E-state index in [0.29, 0.717) is 18.0 Å². The number of halogens is 1. The Morgan fingerprint density at radius 3 is 2.71 bits per heavy atom. The van der Waals surface area contributed by atoms with Gasteiger partial charge in [0.2, 0.25) is 5.91 Å². The standard InChI is InChI=1S/C17H19ClN2O/c1-12-6-7-13(2)16(10-12)19-9-8-17(21)20-15-5-3-4-14(18)11-15/h3-7,10-11,19H,8-9H2,1-2H3,(H,20,21). The summed E-state index contributed by atoms with van der Waals surface area (Å²) in [7, 11) is 0. The molecule has 0 unspecified atom stereocenters. The lowest BCUT2D eigenvalue weighted by atomic mass is 10.1. The monoisotopic (exact) mass is 302 g/mol. The molecule has 3 nitrogen and oxygen atoms in total. The third-order valence-corrected chi connectivity index (χ3v) is 3.40. The van der Waals surface area contributed by atoms with E-state index in [0.717, 1.165) is 11.4 Å². The van der Waals surface area contributed by atoms with Crippen molar-refractivity contribution in [3.05, 3.63) is 58.6 Å². The summed E-state index contributed by atoms with van der Waals surface area (Å²) < 4.78 is 0. The summed E-state index contributed by atoms with van der Waals surface area (Å²) in [5.41, 5.74) is 4.17. The van der Waals surface area contributed by atoms with Crippen molar-refractivity contribution in [2.45, 2.75) is 20.3 Å². The highest BCUT2D eigenvalue weighted by molar-refractivity contribution is 6.30. The van der Waals surface area contributed by atoms with E-state index >= 15 is 0 Å². The SMILES string of the molecule is Cc1ccc(C)c(NCCC(=O)Nc2cccc(Cl)c2)c1. The first kappa shape index (κ1) is 15.4. The van der Waals surface area contributed by atoms with Crippen LogP contribution in [0.4, 0.5) is 11.4 Å². The Morgan fingerprint density at radius 2 is 1.95 bits per heavy atom. The van der Waals surface area contributed by atoms with Crippen molar-refractivity contribution in [3.8, 4) is 0 Å². The summed E-state index contributed by atoms with van der Waals surface area (Å²) in [6.07, 6.45) is 0.403. The number of amides is 1. The van der Waals surface area contributed by atoms with E-state index in [1.165, 1.54) is 11.1 Å². The van der Waals surface area contributed by atoms with E-state index in [1.54, 1.807) is 12.1 Å². The maximum atomic E-state index is 11.9. The zero-order valence-electron chi connectivity index (χ0n) is 12.2. The minimum atomic E-state index is -0.0323. The zero-order chi connectivity index (χ0) is 15.2. The van der Waals surface area contributed by atoms with Crippen LogP contribution in [0.3, 0.4) is 0 Å². The Kier molecular flexibility index (Phi) is 5.23. The molecule has 0 spiro atoms. The molecule has 2 rings (SSSR count). The van der Waals surface area contributed by atoms with Crippen LogP contribution in [0.2, 0.25) is 5.02 Å². The van der Waals surface area contributed by atoms with Gasteiger partial charge in [-0.25, -0.2) is 0 Å². The summed E-state index contributed by atoms with van der Waals surface area (Å²) in [6, 6.07) is 13.4. The van der Waals surface area contributed by atoms with E-state index in [-0.39, 0.29) is 5.91 Å². The van der Waals surface area contributed by atoms with Crippen molar-refractivity contribution in [1.82, 2.24) is 0 Å². The van der Waals surface area contributed by atoms with Gasteiger partial charge in [0.05, 0.1) is 0 Å². The van der Waals surface area contributed by atoms with Crippen LogP contribution in [0.15, 0.2) is 42.5 Å². The number of nitrogens with one attached hydrogen (secondary N) is 2. The molecule has 0 aliphatic rings. The number of hydrogen-bond acceptors (Lipinski definition) is 2. The summed E-state index contributed by atoms with van der Waals surface area (Å²) in [6.45, 7) is 4.70. The molecule has 0 fully saturated rings. The van der Waals surface area contributed by atoms with Gasteiger partial charge in [-0.15, -0.1) is 0 Å². The lowest BCUT2D eigenvalue weighted by molar-refractivity contribution is -0.115. The van der Waals surface area contributed by atoms with Crippen LogP contribution in [0.1, 0.15) is 17.5 Å². The van der Waals surface area contributed by atoms with Crippen molar-refractivity contribution in [2.24, 2.45) is 0 Å². The zero-order valence-corrected chi connectivity index (χ0v) is 13.0. The Bertz CT molecular complexity index is 640. The Labute approximate surface area is 130 Å². The highest BCUT2D eigenvalue weighted by Crippen LogP contribution is 2.17. The predicted molar refractivity (Wildman–Crippen MR) is 89.1 cm³/mol. The fraction of sp³-hybridized carbons (Fsp3) is 0.235.